The number of halogens is 1. The number of guanidine groups is 1. The molecule has 1 aromatic carbocycles. The predicted octanol–water partition coefficient (Wildman–Crippen LogP) is 4.04. The number of sulfonamides is 1. The first-order valence-corrected chi connectivity index (χ1v) is 12.0. The Kier molecular flexibility index (Phi) is 10.3. The lowest BCUT2D eigenvalue weighted by Crippen LogP contribution is -2.42. The molecule has 0 unspecified atom stereocenters. The molecule has 0 saturated heterocycles. The van der Waals surface area contributed by atoms with E-state index in [9.17, 15) is 8.42 Å². The van der Waals surface area contributed by atoms with Gasteiger partial charge in [-0.15, -0.1) is 35.3 Å². The average Bonchev–Trinajstić information content (AvgIpc) is 3.23. The quantitative estimate of drug-likeness (QED) is 0.289. The van der Waals surface area contributed by atoms with Crippen LogP contribution in [0.3, 0.4) is 0 Å². The summed E-state index contributed by atoms with van der Waals surface area (Å²) in [6.45, 7) is 9.42. The molecule has 9 heteroatoms. The number of benzene rings is 1. The summed E-state index contributed by atoms with van der Waals surface area (Å²) in [5.74, 6) is 0.714. The summed E-state index contributed by atoms with van der Waals surface area (Å²) in [5.41, 5.74) is 0.987. The van der Waals surface area contributed by atoms with E-state index in [1.54, 1.807) is 37.6 Å². The number of hydrogen-bond donors (Lipinski definition) is 2. The average molecular weight is 565 g/mol. The minimum absolute atomic E-state index is 0. The number of hydrogen-bond acceptors (Lipinski definition) is 4. The lowest BCUT2D eigenvalue weighted by molar-refractivity contribution is 0.410. The van der Waals surface area contributed by atoms with Crippen molar-refractivity contribution in [1.29, 1.82) is 0 Å². The highest BCUT2D eigenvalue weighted by molar-refractivity contribution is 14.0. The summed E-state index contributed by atoms with van der Waals surface area (Å²) in [6.07, 6.45) is 0. The van der Waals surface area contributed by atoms with E-state index in [1.165, 1.54) is 9.18 Å². The summed E-state index contributed by atoms with van der Waals surface area (Å²) in [4.78, 5) is 5.91. The van der Waals surface area contributed by atoms with Crippen LogP contribution in [0.1, 0.15) is 38.1 Å². The van der Waals surface area contributed by atoms with Gasteiger partial charge in [-0.1, -0.05) is 32.0 Å². The molecular weight excluding hydrogens is 531 g/mol. The SMILES string of the molecule is CN=C(NCc1ccc(S(=O)(=O)N(C)C(C)C)cc1)NCC(C)(C)c1cccs1.I. The maximum atomic E-state index is 12.6. The van der Waals surface area contributed by atoms with Crippen LogP contribution in [-0.4, -0.2) is 45.4 Å². The third kappa shape index (κ3) is 6.93. The third-order valence-electron chi connectivity index (χ3n) is 4.90. The normalized spacial score (nSPS) is 12.7. The summed E-state index contributed by atoms with van der Waals surface area (Å²) in [7, 11) is -0.119. The lowest BCUT2D eigenvalue weighted by atomic mass is 9.91. The van der Waals surface area contributed by atoms with Crippen molar-refractivity contribution in [2.75, 3.05) is 20.6 Å². The molecule has 0 atom stereocenters. The summed E-state index contributed by atoms with van der Waals surface area (Å²) >= 11 is 1.75. The zero-order chi connectivity index (χ0) is 21.7. The van der Waals surface area contributed by atoms with Crippen LogP contribution >= 0.6 is 35.3 Å². The van der Waals surface area contributed by atoms with Gasteiger partial charge in [-0.3, -0.25) is 4.99 Å². The molecule has 0 aliphatic carbocycles. The zero-order valence-electron chi connectivity index (χ0n) is 18.5. The molecule has 0 amide bonds. The smallest absolute Gasteiger partial charge is 0.243 e. The Balaban J connectivity index is 0.00000450. The Labute approximate surface area is 202 Å². The number of thiophene rings is 1. The van der Waals surface area contributed by atoms with Crippen LogP contribution in [0.5, 0.6) is 0 Å². The largest absolute Gasteiger partial charge is 0.356 e. The molecule has 0 aliphatic heterocycles. The first-order valence-electron chi connectivity index (χ1n) is 9.63. The lowest BCUT2D eigenvalue weighted by Gasteiger charge is -2.25. The van der Waals surface area contributed by atoms with Gasteiger partial charge in [0.25, 0.3) is 0 Å². The van der Waals surface area contributed by atoms with Crippen LogP contribution < -0.4 is 10.6 Å². The fourth-order valence-corrected chi connectivity index (χ4v) is 4.90. The van der Waals surface area contributed by atoms with Crippen LogP contribution in [0, 0.1) is 0 Å². The fraction of sp³-hybridized carbons (Fsp3) is 0.476. The molecule has 2 aromatic rings. The van der Waals surface area contributed by atoms with E-state index in [0.29, 0.717) is 17.4 Å². The molecule has 2 N–H and O–H groups in total. The second kappa shape index (κ2) is 11.4. The van der Waals surface area contributed by atoms with Crippen molar-refractivity contribution >= 4 is 51.3 Å². The monoisotopic (exact) mass is 564 g/mol. The minimum Gasteiger partial charge on any atom is -0.356 e. The van der Waals surface area contributed by atoms with Crippen LogP contribution in [0.2, 0.25) is 0 Å². The summed E-state index contributed by atoms with van der Waals surface area (Å²) in [6, 6.07) is 11.1. The molecule has 0 aliphatic rings. The van der Waals surface area contributed by atoms with E-state index in [-0.39, 0.29) is 35.4 Å². The van der Waals surface area contributed by atoms with Crippen molar-refractivity contribution in [3.05, 3.63) is 52.2 Å². The second-order valence-corrected chi connectivity index (χ2v) is 10.8. The van der Waals surface area contributed by atoms with E-state index < -0.39 is 10.0 Å². The standard InChI is InChI=1S/C21H32N4O2S2.HI/c1-16(2)25(6)29(26,27)18-11-9-17(10-12-18)14-23-20(22-5)24-15-21(3,4)19-8-7-13-28-19;/h7-13,16H,14-15H2,1-6H3,(H2,22,23,24);1H. The Morgan fingerprint density at radius 1 is 1.17 bits per heavy atom. The number of rotatable bonds is 8. The number of nitrogens with zero attached hydrogens (tertiary/aromatic N) is 2. The highest BCUT2D eigenvalue weighted by Crippen LogP contribution is 2.26. The summed E-state index contributed by atoms with van der Waals surface area (Å²) < 4.78 is 26.5. The molecule has 30 heavy (non-hydrogen) atoms. The van der Waals surface area contributed by atoms with Gasteiger partial charge in [-0.25, -0.2) is 8.42 Å². The van der Waals surface area contributed by atoms with Gasteiger partial charge in [0.1, 0.15) is 0 Å². The van der Waals surface area contributed by atoms with Crippen molar-refractivity contribution < 1.29 is 8.42 Å². The molecule has 1 aromatic heterocycles. The highest BCUT2D eigenvalue weighted by Gasteiger charge is 2.23. The van der Waals surface area contributed by atoms with Crippen molar-refractivity contribution in [3.8, 4) is 0 Å². The molecule has 2 rings (SSSR count). The molecule has 0 fully saturated rings. The Bertz CT molecular complexity index is 909. The minimum atomic E-state index is -3.46. The van der Waals surface area contributed by atoms with E-state index in [4.69, 9.17) is 0 Å². The fourth-order valence-electron chi connectivity index (χ4n) is 2.68. The zero-order valence-corrected chi connectivity index (χ0v) is 22.4. The maximum absolute atomic E-state index is 12.6. The van der Waals surface area contributed by atoms with Crippen LogP contribution in [-0.2, 0) is 22.0 Å². The topological polar surface area (TPSA) is 73.8 Å². The van der Waals surface area contributed by atoms with E-state index in [1.807, 2.05) is 26.0 Å². The molecular formula is C21H33IN4O2S2. The predicted molar refractivity (Wildman–Crippen MR) is 137 cm³/mol. The van der Waals surface area contributed by atoms with Gasteiger partial charge in [0, 0.05) is 43.5 Å². The van der Waals surface area contributed by atoms with Crippen molar-refractivity contribution in [2.24, 2.45) is 4.99 Å². The van der Waals surface area contributed by atoms with E-state index >= 15 is 0 Å². The van der Waals surface area contributed by atoms with Gasteiger partial charge < -0.3 is 10.6 Å². The van der Waals surface area contributed by atoms with Crippen molar-refractivity contribution in [3.63, 3.8) is 0 Å². The Hall–Kier alpha value is -1.17. The highest BCUT2D eigenvalue weighted by atomic mass is 127. The van der Waals surface area contributed by atoms with Gasteiger partial charge >= 0.3 is 0 Å². The van der Waals surface area contributed by atoms with Crippen LogP contribution in [0.4, 0.5) is 0 Å². The first-order chi connectivity index (χ1) is 13.6. The molecule has 168 valence electrons. The summed E-state index contributed by atoms with van der Waals surface area (Å²) in [5, 5.41) is 8.75. The molecule has 0 spiro atoms. The van der Waals surface area contributed by atoms with Gasteiger partial charge in [-0.2, -0.15) is 4.31 Å². The number of aliphatic imine (C=N–C) groups is 1. The molecule has 6 nitrogen and oxygen atoms in total. The van der Waals surface area contributed by atoms with Crippen molar-refractivity contribution in [1.82, 2.24) is 14.9 Å². The first kappa shape index (κ1) is 26.9. The van der Waals surface area contributed by atoms with E-state index in [2.05, 4.69) is 47.0 Å². The molecule has 1 heterocycles. The maximum Gasteiger partial charge on any atom is 0.243 e. The third-order valence-corrected chi connectivity index (χ3v) is 8.18. The molecule has 0 radical (unpaired) electrons. The van der Waals surface area contributed by atoms with Gasteiger partial charge in [0.05, 0.1) is 4.90 Å². The van der Waals surface area contributed by atoms with Crippen LogP contribution in [0.25, 0.3) is 0 Å². The van der Waals surface area contributed by atoms with Crippen molar-refractivity contribution in [2.45, 2.75) is 50.6 Å². The number of nitrogens with one attached hydrogen (secondary N) is 2. The Morgan fingerprint density at radius 3 is 2.30 bits per heavy atom. The molecule has 0 bridgehead atoms. The van der Waals surface area contributed by atoms with E-state index in [0.717, 1.165) is 12.1 Å². The second-order valence-electron chi connectivity index (χ2n) is 7.90. The van der Waals surface area contributed by atoms with Gasteiger partial charge in [0.15, 0.2) is 5.96 Å². The Morgan fingerprint density at radius 2 is 1.80 bits per heavy atom. The van der Waals surface area contributed by atoms with Gasteiger partial charge in [-0.05, 0) is 43.0 Å². The van der Waals surface area contributed by atoms with Gasteiger partial charge in [0.2, 0.25) is 10.0 Å². The molecule has 0 saturated carbocycles. The van der Waals surface area contributed by atoms with Crippen LogP contribution in [0.15, 0.2) is 51.7 Å².